The van der Waals surface area contributed by atoms with Crippen molar-refractivity contribution in [2.75, 3.05) is 6.54 Å². The Bertz CT molecular complexity index is 403. The molecule has 4 nitrogen and oxygen atoms in total. The van der Waals surface area contributed by atoms with E-state index in [1.165, 1.54) is 0 Å². The number of carbonyl (C=O) groups is 1. The fraction of sp³-hybridized carbons (Fsp3) is 0.429. The van der Waals surface area contributed by atoms with E-state index in [1.807, 2.05) is 18.2 Å². The van der Waals surface area contributed by atoms with E-state index in [2.05, 4.69) is 27.8 Å². The quantitative estimate of drug-likeness (QED) is 0.799. The zero-order valence-corrected chi connectivity index (χ0v) is 10.4. The van der Waals surface area contributed by atoms with Gasteiger partial charge in [-0.15, -0.1) is 0 Å². The van der Waals surface area contributed by atoms with E-state index in [0.29, 0.717) is 12.5 Å². The largest absolute Gasteiger partial charge is 0.338 e. The van der Waals surface area contributed by atoms with Crippen LogP contribution in [0.25, 0.3) is 0 Å². The van der Waals surface area contributed by atoms with Crippen molar-refractivity contribution >= 4 is 6.03 Å². The first kappa shape index (κ1) is 12.6. The highest BCUT2D eigenvalue weighted by atomic mass is 16.2. The summed E-state index contributed by atoms with van der Waals surface area (Å²) >= 11 is 0. The average Bonchev–Trinajstić information content (AvgIpc) is 2.45. The molecule has 0 saturated heterocycles. The lowest BCUT2D eigenvalue weighted by Gasteiger charge is -2.18. The first-order chi connectivity index (χ1) is 8.84. The zero-order chi connectivity index (χ0) is 12.6. The Labute approximate surface area is 108 Å². The minimum Gasteiger partial charge on any atom is -0.338 e. The summed E-state index contributed by atoms with van der Waals surface area (Å²) in [6, 6.07) is 5.55. The Morgan fingerprint density at radius 2 is 2.28 bits per heavy atom. The summed E-state index contributed by atoms with van der Waals surface area (Å²) < 4.78 is 0. The fourth-order valence-corrected chi connectivity index (χ4v) is 2.01. The summed E-state index contributed by atoms with van der Waals surface area (Å²) in [5.74, 6) is 0.579. The number of carbonyl (C=O) groups excluding carboxylic acids is 1. The second kappa shape index (κ2) is 6.79. The maximum absolute atomic E-state index is 11.6. The van der Waals surface area contributed by atoms with Crippen LogP contribution in [0.3, 0.4) is 0 Å². The van der Waals surface area contributed by atoms with Crippen LogP contribution in [0.4, 0.5) is 4.79 Å². The van der Waals surface area contributed by atoms with Gasteiger partial charge in [-0.2, -0.15) is 0 Å². The molecule has 1 aromatic rings. The van der Waals surface area contributed by atoms with Gasteiger partial charge < -0.3 is 10.6 Å². The lowest BCUT2D eigenvalue weighted by Crippen LogP contribution is -2.38. The van der Waals surface area contributed by atoms with Crippen LogP contribution in [0.2, 0.25) is 0 Å². The van der Waals surface area contributed by atoms with Gasteiger partial charge in [0.25, 0.3) is 0 Å². The number of rotatable bonds is 4. The van der Waals surface area contributed by atoms with E-state index in [4.69, 9.17) is 0 Å². The summed E-state index contributed by atoms with van der Waals surface area (Å²) in [7, 11) is 0. The third-order valence-electron chi connectivity index (χ3n) is 3.09. The van der Waals surface area contributed by atoms with Gasteiger partial charge in [-0.1, -0.05) is 18.2 Å². The Hall–Kier alpha value is -1.84. The van der Waals surface area contributed by atoms with E-state index < -0.39 is 0 Å². The minimum absolute atomic E-state index is 0.116. The third kappa shape index (κ3) is 4.20. The van der Waals surface area contributed by atoms with E-state index in [-0.39, 0.29) is 6.03 Å². The highest BCUT2D eigenvalue weighted by molar-refractivity contribution is 5.73. The maximum atomic E-state index is 11.6. The van der Waals surface area contributed by atoms with Crippen LogP contribution in [0.15, 0.2) is 36.5 Å². The van der Waals surface area contributed by atoms with Crippen molar-refractivity contribution < 1.29 is 4.79 Å². The Morgan fingerprint density at radius 1 is 1.33 bits per heavy atom. The van der Waals surface area contributed by atoms with Gasteiger partial charge in [0.05, 0.1) is 12.2 Å². The molecule has 2 rings (SSSR count). The van der Waals surface area contributed by atoms with Gasteiger partial charge >= 0.3 is 6.03 Å². The highest BCUT2D eigenvalue weighted by Gasteiger charge is 2.10. The highest BCUT2D eigenvalue weighted by Crippen LogP contribution is 2.16. The van der Waals surface area contributed by atoms with Crippen LogP contribution in [0.5, 0.6) is 0 Å². The molecular weight excluding hydrogens is 226 g/mol. The molecule has 2 N–H and O–H groups in total. The van der Waals surface area contributed by atoms with Crippen LogP contribution in [-0.2, 0) is 6.54 Å². The molecule has 1 heterocycles. The number of nitrogens with one attached hydrogen (secondary N) is 2. The number of allylic oxidation sites excluding steroid dienone is 2. The smallest absolute Gasteiger partial charge is 0.315 e. The van der Waals surface area contributed by atoms with E-state index in [1.54, 1.807) is 6.20 Å². The number of hydrogen-bond donors (Lipinski definition) is 2. The predicted molar refractivity (Wildman–Crippen MR) is 71.0 cm³/mol. The molecule has 0 saturated carbocycles. The van der Waals surface area contributed by atoms with Crippen LogP contribution in [0, 0.1) is 5.92 Å². The zero-order valence-electron chi connectivity index (χ0n) is 10.4. The lowest BCUT2D eigenvalue weighted by molar-refractivity contribution is 0.238. The standard InChI is InChI=1S/C14H19N3O/c18-14(16-10-12-6-2-1-3-7-12)17-11-13-8-4-5-9-15-13/h1-2,4-5,8-9,12H,3,6-7,10-11H2,(H2,16,17,18). The summed E-state index contributed by atoms with van der Waals surface area (Å²) in [5, 5.41) is 5.72. The molecule has 0 aliphatic heterocycles. The molecule has 2 amide bonds. The topological polar surface area (TPSA) is 54.0 Å². The van der Waals surface area contributed by atoms with Gasteiger partial charge in [0, 0.05) is 12.7 Å². The van der Waals surface area contributed by atoms with Crippen molar-refractivity contribution in [3.8, 4) is 0 Å². The van der Waals surface area contributed by atoms with E-state index >= 15 is 0 Å². The van der Waals surface area contributed by atoms with Gasteiger partial charge in [0.2, 0.25) is 0 Å². The number of hydrogen-bond acceptors (Lipinski definition) is 2. The molecule has 0 radical (unpaired) electrons. The normalized spacial score (nSPS) is 18.3. The molecule has 0 fully saturated rings. The van der Waals surface area contributed by atoms with Crippen LogP contribution in [-0.4, -0.2) is 17.6 Å². The molecule has 1 unspecified atom stereocenters. The monoisotopic (exact) mass is 245 g/mol. The van der Waals surface area contributed by atoms with Crippen molar-refractivity contribution in [1.29, 1.82) is 0 Å². The van der Waals surface area contributed by atoms with Gasteiger partial charge in [0.15, 0.2) is 0 Å². The fourth-order valence-electron chi connectivity index (χ4n) is 2.01. The Balaban J connectivity index is 1.64. The molecule has 1 aromatic heterocycles. The second-order valence-corrected chi connectivity index (χ2v) is 4.54. The van der Waals surface area contributed by atoms with Crippen LogP contribution >= 0.6 is 0 Å². The number of nitrogens with zero attached hydrogens (tertiary/aromatic N) is 1. The number of aromatic nitrogens is 1. The molecule has 18 heavy (non-hydrogen) atoms. The van der Waals surface area contributed by atoms with Gasteiger partial charge in [-0.3, -0.25) is 4.98 Å². The van der Waals surface area contributed by atoms with Gasteiger partial charge in [-0.25, -0.2) is 4.79 Å². The van der Waals surface area contributed by atoms with Crippen molar-refractivity contribution in [3.63, 3.8) is 0 Å². The first-order valence-electron chi connectivity index (χ1n) is 6.41. The SMILES string of the molecule is O=C(NCc1ccccn1)NCC1CC=CCC1. The van der Waals surface area contributed by atoms with E-state index in [9.17, 15) is 4.79 Å². The van der Waals surface area contributed by atoms with Crippen LogP contribution < -0.4 is 10.6 Å². The molecular formula is C14H19N3O. The Kier molecular flexibility index (Phi) is 4.76. The molecule has 1 aliphatic rings. The number of pyridine rings is 1. The molecule has 1 aliphatic carbocycles. The van der Waals surface area contributed by atoms with Gasteiger partial charge in [0.1, 0.15) is 0 Å². The minimum atomic E-state index is -0.116. The predicted octanol–water partition coefficient (Wildman–Crippen LogP) is 2.24. The summed E-state index contributed by atoms with van der Waals surface area (Å²) in [5.41, 5.74) is 0.869. The average molecular weight is 245 g/mol. The van der Waals surface area contributed by atoms with Crippen molar-refractivity contribution in [2.24, 2.45) is 5.92 Å². The van der Waals surface area contributed by atoms with Crippen molar-refractivity contribution in [1.82, 2.24) is 15.6 Å². The Morgan fingerprint density at radius 3 is 3.00 bits per heavy atom. The van der Waals surface area contributed by atoms with Crippen molar-refractivity contribution in [2.45, 2.75) is 25.8 Å². The molecule has 0 spiro atoms. The maximum Gasteiger partial charge on any atom is 0.315 e. The summed E-state index contributed by atoms with van der Waals surface area (Å²) in [6.07, 6.45) is 9.49. The third-order valence-corrected chi connectivity index (χ3v) is 3.09. The number of amides is 2. The van der Waals surface area contributed by atoms with E-state index in [0.717, 1.165) is 31.5 Å². The first-order valence-corrected chi connectivity index (χ1v) is 6.41. The van der Waals surface area contributed by atoms with Crippen molar-refractivity contribution in [3.05, 3.63) is 42.2 Å². The van der Waals surface area contributed by atoms with Crippen LogP contribution in [0.1, 0.15) is 25.0 Å². The van der Waals surface area contributed by atoms with Gasteiger partial charge in [-0.05, 0) is 37.3 Å². The number of urea groups is 1. The molecule has 4 heteroatoms. The molecule has 1 atom stereocenters. The molecule has 0 aromatic carbocycles. The summed E-state index contributed by atoms with van der Waals surface area (Å²) in [4.78, 5) is 15.7. The summed E-state index contributed by atoms with van der Waals surface area (Å²) in [6.45, 7) is 1.22. The molecule has 96 valence electrons. The lowest BCUT2D eigenvalue weighted by atomic mass is 9.94. The second-order valence-electron chi connectivity index (χ2n) is 4.54. The molecule has 0 bridgehead atoms.